The zero-order valence-electron chi connectivity index (χ0n) is 12.5. The number of esters is 1. The van der Waals surface area contributed by atoms with E-state index in [9.17, 15) is 4.79 Å². The summed E-state index contributed by atoms with van der Waals surface area (Å²) in [4.78, 5) is 13.3. The third-order valence-electron chi connectivity index (χ3n) is 3.49. The Hall–Kier alpha value is -0.710. The number of thioether (sulfide) groups is 1. The summed E-state index contributed by atoms with van der Waals surface area (Å²) in [7, 11) is 0. The maximum absolute atomic E-state index is 12.2. The van der Waals surface area contributed by atoms with Crippen LogP contribution in [0.2, 0.25) is 5.02 Å². The third-order valence-corrected chi connectivity index (χ3v) is 4.72. The van der Waals surface area contributed by atoms with E-state index in [0.717, 1.165) is 34.9 Å². The number of halogens is 1. The zero-order valence-corrected chi connectivity index (χ0v) is 14.1. The van der Waals surface area contributed by atoms with Crippen LogP contribution in [0.3, 0.4) is 0 Å². The number of nitrogens with one attached hydrogen (secondary N) is 1. The Balaban J connectivity index is 1.90. The van der Waals surface area contributed by atoms with Crippen LogP contribution in [-0.2, 0) is 9.53 Å². The summed E-state index contributed by atoms with van der Waals surface area (Å²) < 4.78 is 5.23. The molecule has 1 fully saturated rings. The van der Waals surface area contributed by atoms with Crippen molar-refractivity contribution >= 4 is 29.3 Å². The molecule has 0 aromatic heterocycles. The number of rotatable bonds is 8. The lowest BCUT2D eigenvalue weighted by atomic mass is 9.99. The van der Waals surface area contributed by atoms with Crippen molar-refractivity contribution in [1.29, 1.82) is 0 Å². The molecule has 0 heterocycles. The van der Waals surface area contributed by atoms with Gasteiger partial charge in [0.25, 0.3) is 0 Å². The van der Waals surface area contributed by atoms with Crippen LogP contribution in [-0.4, -0.2) is 29.9 Å². The van der Waals surface area contributed by atoms with Crippen molar-refractivity contribution in [2.45, 2.75) is 49.6 Å². The quantitative estimate of drug-likeness (QED) is 0.580. The number of hydrogen-bond donors (Lipinski definition) is 1. The SMILES string of the molecule is CCOC(=O)C(C)(CCSc1cccc(Cl)c1)NC1CC1. The first-order valence-corrected chi connectivity index (χ1v) is 8.73. The number of carbonyl (C=O) groups excluding carboxylic acids is 1. The lowest BCUT2D eigenvalue weighted by molar-refractivity contribution is -0.150. The lowest BCUT2D eigenvalue weighted by Gasteiger charge is -2.28. The first-order valence-electron chi connectivity index (χ1n) is 7.37. The van der Waals surface area contributed by atoms with E-state index in [4.69, 9.17) is 16.3 Å². The summed E-state index contributed by atoms with van der Waals surface area (Å²) >= 11 is 7.69. The van der Waals surface area contributed by atoms with E-state index < -0.39 is 5.54 Å². The summed E-state index contributed by atoms with van der Waals surface area (Å²) in [5, 5.41) is 4.18. The van der Waals surface area contributed by atoms with Gasteiger partial charge in [-0.2, -0.15) is 0 Å². The molecule has 0 aliphatic heterocycles. The predicted octanol–water partition coefficient (Wildman–Crippen LogP) is 3.90. The molecule has 21 heavy (non-hydrogen) atoms. The van der Waals surface area contributed by atoms with Crippen LogP contribution in [0, 0.1) is 0 Å². The Labute approximate surface area is 135 Å². The Morgan fingerprint density at radius 2 is 2.29 bits per heavy atom. The van der Waals surface area contributed by atoms with Gasteiger partial charge < -0.3 is 4.74 Å². The van der Waals surface area contributed by atoms with Crippen LogP contribution < -0.4 is 5.32 Å². The normalized spacial score (nSPS) is 17.3. The second-order valence-electron chi connectivity index (χ2n) is 5.53. The number of carbonyl (C=O) groups is 1. The fourth-order valence-electron chi connectivity index (χ4n) is 2.13. The summed E-state index contributed by atoms with van der Waals surface area (Å²) in [5.41, 5.74) is -0.594. The van der Waals surface area contributed by atoms with E-state index in [1.54, 1.807) is 11.8 Å². The maximum Gasteiger partial charge on any atom is 0.326 e. The van der Waals surface area contributed by atoms with Crippen LogP contribution in [0.25, 0.3) is 0 Å². The summed E-state index contributed by atoms with van der Waals surface area (Å²) in [6.07, 6.45) is 3.03. The average molecular weight is 328 g/mol. The van der Waals surface area contributed by atoms with Gasteiger partial charge >= 0.3 is 5.97 Å². The largest absolute Gasteiger partial charge is 0.465 e. The van der Waals surface area contributed by atoms with Gasteiger partial charge in [0.15, 0.2) is 0 Å². The van der Waals surface area contributed by atoms with Crippen molar-refractivity contribution in [3.8, 4) is 0 Å². The Morgan fingerprint density at radius 1 is 1.52 bits per heavy atom. The number of ether oxygens (including phenoxy) is 1. The summed E-state index contributed by atoms with van der Waals surface area (Å²) in [5.74, 6) is 0.693. The van der Waals surface area contributed by atoms with Crippen molar-refractivity contribution < 1.29 is 9.53 Å². The van der Waals surface area contributed by atoms with E-state index in [1.165, 1.54) is 0 Å². The van der Waals surface area contributed by atoms with Crippen molar-refractivity contribution in [2.24, 2.45) is 0 Å². The molecule has 3 nitrogen and oxygen atoms in total. The molecule has 0 radical (unpaired) electrons. The van der Waals surface area contributed by atoms with Crippen LogP contribution in [0.4, 0.5) is 0 Å². The molecule has 2 rings (SSSR count). The van der Waals surface area contributed by atoms with E-state index in [2.05, 4.69) is 5.32 Å². The van der Waals surface area contributed by atoms with Gasteiger partial charge in [-0.3, -0.25) is 10.1 Å². The van der Waals surface area contributed by atoms with Crippen molar-refractivity contribution in [3.63, 3.8) is 0 Å². The highest BCUT2D eigenvalue weighted by Crippen LogP contribution is 2.28. The molecule has 0 bridgehead atoms. The molecule has 116 valence electrons. The van der Waals surface area contributed by atoms with E-state index in [1.807, 2.05) is 38.1 Å². The highest BCUT2D eigenvalue weighted by molar-refractivity contribution is 7.99. The first-order chi connectivity index (χ1) is 10.0. The second kappa shape index (κ2) is 7.52. The molecule has 0 saturated heterocycles. The Bertz CT molecular complexity index is 493. The third kappa shape index (κ3) is 5.20. The maximum atomic E-state index is 12.2. The minimum Gasteiger partial charge on any atom is -0.465 e. The molecular weight excluding hydrogens is 306 g/mol. The van der Waals surface area contributed by atoms with Gasteiger partial charge in [-0.15, -0.1) is 11.8 Å². The van der Waals surface area contributed by atoms with E-state index in [0.29, 0.717) is 12.6 Å². The molecule has 1 saturated carbocycles. The topological polar surface area (TPSA) is 38.3 Å². The van der Waals surface area contributed by atoms with E-state index in [-0.39, 0.29) is 5.97 Å². The van der Waals surface area contributed by atoms with Crippen molar-refractivity contribution in [1.82, 2.24) is 5.32 Å². The van der Waals surface area contributed by atoms with Crippen molar-refractivity contribution in [2.75, 3.05) is 12.4 Å². The number of hydrogen-bond acceptors (Lipinski definition) is 4. The van der Waals surface area contributed by atoms with E-state index >= 15 is 0 Å². The van der Waals surface area contributed by atoms with Gasteiger partial charge in [0, 0.05) is 21.7 Å². The van der Waals surface area contributed by atoms with Gasteiger partial charge in [0.2, 0.25) is 0 Å². The van der Waals surface area contributed by atoms with Crippen LogP contribution in [0.15, 0.2) is 29.2 Å². The fraction of sp³-hybridized carbons (Fsp3) is 0.562. The van der Waals surface area contributed by atoms with Gasteiger partial charge in [-0.25, -0.2) is 0 Å². The molecule has 0 spiro atoms. The first kappa shape index (κ1) is 16.7. The second-order valence-corrected chi connectivity index (χ2v) is 7.13. The van der Waals surface area contributed by atoms with Gasteiger partial charge in [0.05, 0.1) is 6.61 Å². The highest BCUT2D eigenvalue weighted by atomic mass is 35.5. The Morgan fingerprint density at radius 3 is 2.90 bits per heavy atom. The molecule has 1 N–H and O–H groups in total. The zero-order chi connectivity index (χ0) is 15.3. The monoisotopic (exact) mass is 327 g/mol. The van der Waals surface area contributed by atoms with Gasteiger partial charge in [-0.05, 0) is 51.3 Å². The van der Waals surface area contributed by atoms with Crippen LogP contribution in [0.5, 0.6) is 0 Å². The minimum absolute atomic E-state index is 0.149. The molecule has 1 aliphatic carbocycles. The smallest absolute Gasteiger partial charge is 0.326 e. The van der Waals surface area contributed by atoms with Crippen LogP contribution in [0.1, 0.15) is 33.1 Å². The predicted molar refractivity (Wildman–Crippen MR) is 88.0 cm³/mol. The summed E-state index contributed by atoms with van der Waals surface area (Å²) in [6, 6.07) is 8.26. The molecule has 0 amide bonds. The molecular formula is C16H22ClNO2S. The highest BCUT2D eigenvalue weighted by Gasteiger charge is 2.39. The Kier molecular flexibility index (Phi) is 5.97. The molecule has 5 heteroatoms. The van der Waals surface area contributed by atoms with Crippen LogP contribution >= 0.6 is 23.4 Å². The average Bonchev–Trinajstić information content (AvgIpc) is 3.23. The lowest BCUT2D eigenvalue weighted by Crippen LogP contribution is -2.51. The van der Waals surface area contributed by atoms with Crippen molar-refractivity contribution in [3.05, 3.63) is 29.3 Å². The molecule has 1 aliphatic rings. The fourth-order valence-corrected chi connectivity index (χ4v) is 3.52. The molecule has 1 unspecified atom stereocenters. The van der Waals surface area contributed by atoms with Gasteiger partial charge in [0.1, 0.15) is 5.54 Å². The molecule has 1 atom stereocenters. The standard InChI is InChI=1S/C16H22ClNO2S/c1-3-20-15(19)16(2,18-13-7-8-13)9-10-21-14-6-4-5-12(17)11-14/h4-6,11,13,18H,3,7-10H2,1-2H3. The summed E-state index contributed by atoms with van der Waals surface area (Å²) in [6.45, 7) is 4.21. The minimum atomic E-state index is -0.594. The molecule has 1 aromatic rings. The number of benzene rings is 1. The molecule has 1 aromatic carbocycles. The van der Waals surface area contributed by atoms with Gasteiger partial charge in [-0.1, -0.05) is 17.7 Å².